The van der Waals surface area contributed by atoms with Gasteiger partial charge in [-0.3, -0.25) is 4.79 Å². The number of hydrogen-bond donors (Lipinski definition) is 1. The molecule has 0 saturated heterocycles. The minimum Gasteiger partial charge on any atom is -0.482 e. The maximum atomic E-state index is 13.0. The first kappa shape index (κ1) is 18.7. The Labute approximate surface area is 149 Å². The van der Waals surface area contributed by atoms with E-state index >= 15 is 0 Å². The summed E-state index contributed by atoms with van der Waals surface area (Å²) in [6.07, 6.45) is 0.913. The second kappa shape index (κ2) is 9.03. The Balaban J connectivity index is 1.73. The number of nitrogens with one attached hydrogen (secondary N) is 1. The van der Waals surface area contributed by atoms with Gasteiger partial charge >= 0.3 is 5.97 Å². The fraction of sp³-hybridized carbons (Fsp3) is 0.222. The van der Waals surface area contributed by atoms with Gasteiger partial charge < -0.3 is 14.8 Å². The van der Waals surface area contributed by atoms with Crippen LogP contribution in [0.1, 0.15) is 12.5 Å². The zero-order valence-corrected chi connectivity index (χ0v) is 14.3. The first-order valence-corrected chi connectivity index (χ1v) is 7.98. The Morgan fingerprint density at radius 1 is 1.12 bits per heavy atom. The summed E-state index contributed by atoms with van der Waals surface area (Å²) in [7, 11) is 0. The molecular formula is C18H17ClFNO4. The van der Waals surface area contributed by atoms with Crippen LogP contribution in [0.25, 0.3) is 0 Å². The van der Waals surface area contributed by atoms with Crippen molar-refractivity contribution in [2.45, 2.75) is 13.3 Å². The van der Waals surface area contributed by atoms with Crippen molar-refractivity contribution < 1.29 is 23.5 Å². The summed E-state index contributed by atoms with van der Waals surface area (Å²) in [6, 6.07) is 11.1. The minimum absolute atomic E-state index is 0.114. The fourth-order valence-electron chi connectivity index (χ4n) is 1.92. The Morgan fingerprint density at radius 3 is 2.48 bits per heavy atom. The van der Waals surface area contributed by atoms with Crippen LogP contribution >= 0.6 is 11.6 Å². The molecule has 0 radical (unpaired) electrons. The molecule has 2 rings (SSSR count). The third-order valence-electron chi connectivity index (χ3n) is 3.26. The lowest BCUT2D eigenvalue weighted by atomic mass is 10.2. The van der Waals surface area contributed by atoms with Crippen molar-refractivity contribution in [3.63, 3.8) is 0 Å². The van der Waals surface area contributed by atoms with E-state index < -0.39 is 24.3 Å². The highest BCUT2D eigenvalue weighted by molar-refractivity contribution is 6.31. The summed E-state index contributed by atoms with van der Waals surface area (Å²) < 4.78 is 23.1. The summed E-state index contributed by atoms with van der Waals surface area (Å²) in [5.74, 6) is -1.29. The second-order valence-corrected chi connectivity index (χ2v) is 5.53. The average molecular weight is 366 g/mol. The van der Waals surface area contributed by atoms with Crippen LogP contribution in [0.5, 0.6) is 5.75 Å². The van der Waals surface area contributed by atoms with Crippen LogP contribution in [-0.2, 0) is 20.7 Å². The highest BCUT2D eigenvalue weighted by Crippen LogP contribution is 2.19. The van der Waals surface area contributed by atoms with E-state index in [1.807, 2.05) is 19.1 Å². The topological polar surface area (TPSA) is 64.6 Å². The van der Waals surface area contributed by atoms with E-state index in [2.05, 4.69) is 5.32 Å². The van der Waals surface area contributed by atoms with Crippen LogP contribution in [0.4, 0.5) is 10.1 Å². The quantitative estimate of drug-likeness (QED) is 0.761. The lowest BCUT2D eigenvalue weighted by Gasteiger charge is -2.08. The molecule has 0 aliphatic carbocycles. The molecule has 0 saturated carbocycles. The second-order valence-electron chi connectivity index (χ2n) is 5.12. The molecule has 7 heteroatoms. The third kappa shape index (κ3) is 6.08. The molecule has 0 atom stereocenters. The molecule has 1 amide bonds. The van der Waals surface area contributed by atoms with E-state index in [0.29, 0.717) is 11.4 Å². The van der Waals surface area contributed by atoms with E-state index in [0.717, 1.165) is 18.1 Å². The lowest BCUT2D eigenvalue weighted by Crippen LogP contribution is -2.23. The van der Waals surface area contributed by atoms with Crippen LogP contribution in [0, 0.1) is 5.82 Å². The highest BCUT2D eigenvalue weighted by atomic mass is 35.5. The van der Waals surface area contributed by atoms with E-state index in [-0.39, 0.29) is 11.6 Å². The minimum atomic E-state index is -0.674. The molecule has 0 bridgehead atoms. The predicted molar refractivity (Wildman–Crippen MR) is 92.3 cm³/mol. The van der Waals surface area contributed by atoms with Crippen LogP contribution in [0.15, 0.2) is 42.5 Å². The van der Waals surface area contributed by atoms with E-state index in [1.54, 1.807) is 12.1 Å². The number of esters is 1. The number of anilines is 1. The number of carbonyl (C=O) groups excluding carboxylic acids is 2. The van der Waals surface area contributed by atoms with Gasteiger partial charge in [0, 0.05) is 5.69 Å². The largest absolute Gasteiger partial charge is 0.482 e. The molecular weight excluding hydrogens is 349 g/mol. The van der Waals surface area contributed by atoms with Crippen molar-refractivity contribution in [2.75, 3.05) is 18.5 Å². The van der Waals surface area contributed by atoms with Crippen LogP contribution in [-0.4, -0.2) is 25.1 Å². The lowest BCUT2D eigenvalue weighted by molar-refractivity contribution is -0.149. The summed E-state index contributed by atoms with van der Waals surface area (Å²) in [5.41, 5.74) is 1.47. The van der Waals surface area contributed by atoms with Crippen molar-refractivity contribution in [3.8, 4) is 5.75 Å². The van der Waals surface area contributed by atoms with Crippen LogP contribution < -0.4 is 10.1 Å². The molecule has 25 heavy (non-hydrogen) atoms. The molecule has 1 N–H and O–H groups in total. The number of aryl methyl sites for hydroxylation is 1. The van der Waals surface area contributed by atoms with Crippen molar-refractivity contribution in [2.24, 2.45) is 0 Å². The van der Waals surface area contributed by atoms with Gasteiger partial charge in [-0.05, 0) is 42.3 Å². The monoisotopic (exact) mass is 365 g/mol. The number of ether oxygens (including phenoxy) is 2. The molecule has 0 aromatic heterocycles. The van der Waals surface area contributed by atoms with Gasteiger partial charge in [-0.1, -0.05) is 30.7 Å². The van der Waals surface area contributed by atoms with Crippen LogP contribution in [0.2, 0.25) is 5.02 Å². The number of amides is 1. The van der Waals surface area contributed by atoms with E-state index in [1.165, 1.54) is 12.1 Å². The third-order valence-corrected chi connectivity index (χ3v) is 3.55. The van der Waals surface area contributed by atoms with Crippen LogP contribution in [0.3, 0.4) is 0 Å². The number of hydrogen-bond acceptors (Lipinski definition) is 4. The first-order chi connectivity index (χ1) is 12.0. The van der Waals surface area contributed by atoms with Crippen molar-refractivity contribution in [1.82, 2.24) is 0 Å². The first-order valence-electron chi connectivity index (χ1n) is 7.60. The summed E-state index contributed by atoms with van der Waals surface area (Å²) in [4.78, 5) is 23.3. The van der Waals surface area contributed by atoms with Gasteiger partial charge in [0.1, 0.15) is 11.6 Å². The molecule has 0 aliphatic rings. The molecule has 0 unspecified atom stereocenters. The maximum absolute atomic E-state index is 13.0. The number of benzene rings is 2. The van der Waals surface area contributed by atoms with E-state index in [4.69, 9.17) is 21.1 Å². The molecule has 2 aromatic carbocycles. The Kier molecular flexibility index (Phi) is 6.77. The van der Waals surface area contributed by atoms with Gasteiger partial charge in [-0.15, -0.1) is 0 Å². The molecule has 2 aromatic rings. The molecule has 0 spiro atoms. The van der Waals surface area contributed by atoms with Crippen molar-refractivity contribution >= 4 is 29.2 Å². The normalized spacial score (nSPS) is 10.2. The van der Waals surface area contributed by atoms with Gasteiger partial charge in [-0.2, -0.15) is 0 Å². The van der Waals surface area contributed by atoms with Crippen molar-refractivity contribution in [1.29, 1.82) is 0 Å². The van der Waals surface area contributed by atoms with Gasteiger partial charge in [0.25, 0.3) is 5.91 Å². The Bertz CT molecular complexity index is 749. The number of carbonyl (C=O) groups is 2. The van der Waals surface area contributed by atoms with Gasteiger partial charge in [0.05, 0.1) is 5.02 Å². The predicted octanol–water partition coefficient (Wildman–Crippen LogP) is 3.60. The molecule has 0 fully saturated rings. The highest BCUT2D eigenvalue weighted by Gasteiger charge is 2.10. The standard InChI is InChI=1S/C18H17ClFNO4/c1-2-12-3-6-14(7-4-12)24-11-18(23)25-10-17(22)21-13-5-8-16(20)15(19)9-13/h3-9H,2,10-11H2,1H3,(H,21,22). The summed E-state index contributed by atoms with van der Waals surface area (Å²) in [5, 5.41) is 2.33. The Morgan fingerprint density at radius 2 is 1.84 bits per heavy atom. The van der Waals surface area contributed by atoms with Gasteiger partial charge in [-0.25, -0.2) is 9.18 Å². The molecule has 0 heterocycles. The number of rotatable bonds is 7. The molecule has 0 aliphatic heterocycles. The van der Waals surface area contributed by atoms with Gasteiger partial charge in [0.2, 0.25) is 0 Å². The molecule has 5 nitrogen and oxygen atoms in total. The van der Waals surface area contributed by atoms with E-state index in [9.17, 15) is 14.0 Å². The maximum Gasteiger partial charge on any atom is 0.344 e. The van der Waals surface area contributed by atoms with Crippen molar-refractivity contribution in [3.05, 3.63) is 58.9 Å². The molecule has 132 valence electrons. The number of halogens is 2. The summed E-state index contributed by atoms with van der Waals surface area (Å²) >= 11 is 5.62. The summed E-state index contributed by atoms with van der Waals surface area (Å²) in [6.45, 7) is 1.26. The van der Waals surface area contributed by atoms with Gasteiger partial charge in [0.15, 0.2) is 13.2 Å². The Hall–Kier alpha value is -2.60. The average Bonchev–Trinajstić information content (AvgIpc) is 2.61. The smallest absolute Gasteiger partial charge is 0.344 e. The zero-order valence-electron chi connectivity index (χ0n) is 13.6. The fourth-order valence-corrected chi connectivity index (χ4v) is 2.10. The zero-order chi connectivity index (χ0) is 18.2. The SMILES string of the molecule is CCc1ccc(OCC(=O)OCC(=O)Nc2ccc(F)c(Cl)c2)cc1.